The third-order valence-corrected chi connectivity index (χ3v) is 6.93. The van der Waals surface area contributed by atoms with Gasteiger partial charge < -0.3 is 19.8 Å². The minimum Gasteiger partial charge on any atom is -0.453 e. The zero-order chi connectivity index (χ0) is 27.4. The van der Waals surface area contributed by atoms with Gasteiger partial charge in [-0.3, -0.25) is 15.0 Å². The molecule has 1 saturated heterocycles. The summed E-state index contributed by atoms with van der Waals surface area (Å²) in [6.07, 6.45) is 6.04. The first-order valence-corrected chi connectivity index (χ1v) is 13.0. The number of rotatable bonds is 3. The number of imidazole rings is 1. The minimum atomic E-state index is -0.617. The van der Waals surface area contributed by atoms with Gasteiger partial charge in [0.2, 0.25) is 5.91 Å². The zero-order valence-electron chi connectivity index (χ0n) is 21.7. The van der Waals surface area contributed by atoms with E-state index in [1.165, 1.54) is 7.11 Å². The maximum Gasteiger partial charge on any atom is 0.411 e. The molecule has 0 radical (unpaired) electrons. The van der Waals surface area contributed by atoms with Crippen molar-refractivity contribution in [3.05, 3.63) is 77.2 Å². The number of hydrogen-bond donors (Lipinski definition) is 3. The number of H-pyrrole nitrogens is 1. The molecule has 0 aliphatic carbocycles. The van der Waals surface area contributed by atoms with Gasteiger partial charge in [-0.05, 0) is 48.7 Å². The topological polar surface area (TPSA) is 126 Å². The van der Waals surface area contributed by atoms with E-state index in [2.05, 4.69) is 25.3 Å². The van der Waals surface area contributed by atoms with Crippen molar-refractivity contribution in [1.29, 1.82) is 0 Å². The van der Waals surface area contributed by atoms with Crippen LogP contribution in [0.2, 0.25) is 5.02 Å². The predicted octanol–water partition coefficient (Wildman–Crippen LogP) is 6.63. The molecule has 1 aromatic heterocycles. The van der Waals surface area contributed by atoms with E-state index in [4.69, 9.17) is 16.3 Å². The molecule has 1 fully saturated rings. The van der Waals surface area contributed by atoms with Gasteiger partial charge in [0, 0.05) is 35.7 Å². The van der Waals surface area contributed by atoms with Gasteiger partial charge in [0.05, 0.1) is 30.7 Å². The number of hydrogen-bond acceptors (Lipinski definition) is 6. The largest absolute Gasteiger partial charge is 0.453 e. The molecule has 12 heteroatoms. The van der Waals surface area contributed by atoms with Gasteiger partial charge in [-0.1, -0.05) is 35.9 Å². The summed E-state index contributed by atoms with van der Waals surface area (Å²) in [5.74, 6) is 0.430. The summed E-state index contributed by atoms with van der Waals surface area (Å²) < 4.78 is 10.5. The van der Waals surface area contributed by atoms with E-state index in [1.807, 2.05) is 30.4 Å². The monoisotopic (exact) mass is 585 g/mol. The van der Waals surface area contributed by atoms with E-state index in [0.29, 0.717) is 59.3 Å². The number of nitrogens with zero attached hydrogens (tertiary/aromatic N) is 2. The average molecular weight is 586 g/mol. The van der Waals surface area contributed by atoms with Crippen LogP contribution in [0.3, 0.4) is 0 Å². The Balaban J connectivity index is 0.00000370. The highest BCUT2D eigenvalue weighted by molar-refractivity contribution is 6.30. The molecule has 2 aliphatic rings. The number of nitrogens with one attached hydrogen (secondary N) is 3. The Morgan fingerprint density at radius 1 is 1.20 bits per heavy atom. The fraction of sp³-hybridized carbons (Fsp3) is 0.286. The molecule has 2 aromatic carbocycles. The number of methoxy groups -OCH3 is 1. The smallest absolute Gasteiger partial charge is 0.411 e. The molecule has 3 heterocycles. The second kappa shape index (κ2) is 12.9. The summed E-state index contributed by atoms with van der Waals surface area (Å²) in [5.41, 5.74) is 3.17. The minimum absolute atomic E-state index is 0. The number of benzene rings is 2. The molecule has 2 atom stereocenters. The van der Waals surface area contributed by atoms with Crippen molar-refractivity contribution in [2.75, 3.05) is 24.3 Å². The molecule has 3 N–H and O–H groups in total. The first-order valence-electron chi connectivity index (χ1n) is 12.6. The van der Waals surface area contributed by atoms with Gasteiger partial charge >= 0.3 is 12.2 Å². The number of carbonyl (C=O) groups excluding carboxylic acids is 3. The van der Waals surface area contributed by atoms with E-state index < -0.39 is 18.2 Å². The molecule has 0 spiro atoms. The van der Waals surface area contributed by atoms with E-state index in [1.54, 1.807) is 35.4 Å². The van der Waals surface area contributed by atoms with Gasteiger partial charge in [0.15, 0.2) is 0 Å². The van der Waals surface area contributed by atoms with Crippen LogP contribution >= 0.6 is 24.0 Å². The SMILES string of the molecule is COC(=O)Nc1ccc2c(c1)NC(=O)CC/C=C\C[C@H](N1CCC(c3cccc(Cl)c3)OC1=O)c1ncc-2[nH]1.Cl. The van der Waals surface area contributed by atoms with Crippen LogP contribution in [0.25, 0.3) is 11.3 Å². The van der Waals surface area contributed by atoms with Gasteiger partial charge in [-0.25, -0.2) is 14.6 Å². The Kier molecular flexibility index (Phi) is 9.34. The van der Waals surface area contributed by atoms with Crippen molar-refractivity contribution in [3.8, 4) is 11.3 Å². The van der Waals surface area contributed by atoms with Crippen LogP contribution < -0.4 is 10.6 Å². The van der Waals surface area contributed by atoms with Gasteiger partial charge in [-0.2, -0.15) is 0 Å². The number of aromatic amines is 1. The first kappa shape index (κ1) is 29.0. The fourth-order valence-corrected chi connectivity index (χ4v) is 4.95. The van der Waals surface area contributed by atoms with Crippen LogP contribution in [-0.2, 0) is 14.3 Å². The van der Waals surface area contributed by atoms with Gasteiger partial charge in [0.25, 0.3) is 0 Å². The molecule has 1 unspecified atom stereocenters. The number of amides is 3. The lowest BCUT2D eigenvalue weighted by atomic mass is 10.0. The number of carbonyl (C=O) groups is 3. The first-order chi connectivity index (χ1) is 18.9. The molecule has 3 aromatic rings. The Morgan fingerprint density at radius 2 is 2.05 bits per heavy atom. The number of allylic oxidation sites excluding steroid dienone is 1. The third kappa shape index (κ3) is 6.57. The normalized spacial score (nSPS) is 19.8. The Morgan fingerprint density at radius 3 is 2.83 bits per heavy atom. The molecule has 0 saturated carbocycles. The van der Waals surface area contributed by atoms with Crippen molar-refractivity contribution in [3.63, 3.8) is 0 Å². The van der Waals surface area contributed by atoms with Gasteiger partial charge in [0.1, 0.15) is 11.9 Å². The maximum atomic E-state index is 13.2. The third-order valence-electron chi connectivity index (χ3n) is 6.70. The molecular formula is C28H29Cl2N5O5. The van der Waals surface area contributed by atoms with Crippen LogP contribution in [0.15, 0.2) is 60.8 Å². The molecule has 5 rings (SSSR count). The number of fused-ring (bicyclic) bond motifs is 4. The Labute approximate surface area is 242 Å². The Bertz CT molecular complexity index is 1430. The molecule has 40 heavy (non-hydrogen) atoms. The Hall–Kier alpha value is -4.02. The fourth-order valence-electron chi connectivity index (χ4n) is 4.75. The number of ether oxygens (including phenoxy) is 2. The van der Waals surface area contributed by atoms with E-state index in [-0.39, 0.29) is 30.8 Å². The quantitative estimate of drug-likeness (QED) is 0.296. The summed E-state index contributed by atoms with van der Waals surface area (Å²) in [7, 11) is 1.28. The van der Waals surface area contributed by atoms with Crippen LogP contribution in [0.5, 0.6) is 0 Å². The maximum absolute atomic E-state index is 13.2. The lowest BCUT2D eigenvalue weighted by Gasteiger charge is -2.36. The number of halogens is 2. The average Bonchev–Trinajstić information content (AvgIpc) is 3.40. The molecule has 2 aliphatic heterocycles. The van der Waals surface area contributed by atoms with E-state index in [9.17, 15) is 14.4 Å². The van der Waals surface area contributed by atoms with Crippen molar-refractivity contribution < 1.29 is 23.9 Å². The lowest BCUT2D eigenvalue weighted by Crippen LogP contribution is -2.41. The predicted molar refractivity (Wildman–Crippen MR) is 154 cm³/mol. The van der Waals surface area contributed by atoms with E-state index >= 15 is 0 Å². The summed E-state index contributed by atoms with van der Waals surface area (Å²) >= 11 is 6.14. The zero-order valence-corrected chi connectivity index (χ0v) is 23.3. The van der Waals surface area contributed by atoms with Crippen LogP contribution in [0.4, 0.5) is 21.0 Å². The highest BCUT2D eigenvalue weighted by Gasteiger charge is 2.35. The van der Waals surface area contributed by atoms with Crippen molar-refractivity contribution in [2.45, 2.75) is 37.8 Å². The van der Waals surface area contributed by atoms with Crippen LogP contribution in [0.1, 0.15) is 49.2 Å². The lowest BCUT2D eigenvalue weighted by molar-refractivity contribution is -0.116. The standard InChI is InChI=1S/C28H28ClN5O5.ClH/c1-38-27(36)31-19-10-11-20-21(15-19)32-25(35)9-4-2-3-8-23(26-30-16-22(20)33-26)34-13-12-24(39-28(34)37)17-6-5-7-18(29)14-17;/h2-3,5-7,10-11,14-16,23-24H,4,8-9,12-13H2,1H3,(H,30,33)(H,31,36)(H,32,35);1H/b3-2-;/t23-,24?;/m0./s1. The van der Waals surface area contributed by atoms with Crippen molar-refractivity contribution in [2.24, 2.45) is 0 Å². The van der Waals surface area contributed by atoms with Crippen molar-refractivity contribution >= 4 is 53.5 Å². The second-order valence-corrected chi connectivity index (χ2v) is 9.71. The molecule has 2 bridgehead atoms. The molecule has 210 valence electrons. The molecule has 10 nitrogen and oxygen atoms in total. The summed E-state index contributed by atoms with van der Waals surface area (Å²) in [5, 5.41) is 6.13. The number of anilines is 2. The highest BCUT2D eigenvalue weighted by Crippen LogP contribution is 2.36. The summed E-state index contributed by atoms with van der Waals surface area (Å²) in [6.45, 7) is 0.476. The number of aromatic nitrogens is 2. The second-order valence-electron chi connectivity index (χ2n) is 9.28. The summed E-state index contributed by atoms with van der Waals surface area (Å²) in [6, 6.07) is 12.1. The molecular weight excluding hydrogens is 557 g/mol. The highest BCUT2D eigenvalue weighted by atomic mass is 35.5. The summed E-state index contributed by atoms with van der Waals surface area (Å²) in [4.78, 5) is 47.2. The molecule has 3 amide bonds. The number of cyclic esters (lactones) is 1. The van der Waals surface area contributed by atoms with E-state index in [0.717, 1.165) is 5.56 Å². The van der Waals surface area contributed by atoms with Crippen LogP contribution in [-0.4, -0.2) is 46.6 Å². The van der Waals surface area contributed by atoms with Crippen LogP contribution in [0, 0.1) is 0 Å². The van der Waals surface area contributed by atoms with Crippen molar-refractivity contribution in [1.82, 2.24) is 14.9 Å². The van der Waals surface area contributed by atoms with Gasteiger partial charge in [-0.15, -0.1) is 12.4 Å².